The number of rotatable bonds is 2. The van der Waals surface area contributed by atoms with Crippen molar-refractivity contribution in [3.8, 4) is 0 Å². The van der Waals surface area contributed by atoms with Crippen molar-refractivity contribution in [3.05, 3.63) is 52.7 Å². The first-order valence-corrected chi connectivity index (χ1v) is 5.74. The molecular formula is C13H12ClN3O. The number of nitrogens with zero attached hydrogens (tertiary/aromatic N) is 1. The van der Waals surface area contributed by atoms with Crippen LogP contribution in [0.2, 0.25) is 5.02 Å². The third kappa shape index (κ3) is 2.43. The molecule has 0 bridgehead atoms. The van der Waals surface area contributed by atoms with Gasteiger partial charge in [-0.15, -0.1) is 0 Å². The van der Waals surface area contributed by atoms with E-state index in [0.717, 1.165) is 5.56 Å². The molecule has 1 aromatic heterocycles. The van der Waals surface area contributed by atoms with Gasteiger partial charge in [-0.2, -0.15) is 0 Å². The van der Waals surface area contributed by atoms with E-state index in [9.17, 15) is 4.79 Å². The van der Waals surface area contributed by atoms with E-state index in [-0.39, 0.29) is 5.91 Å². The van der Waals surface area contributed by atoms with Crippen LogP contribution >= 0.6 is 11.6 Å². The molecule has 0 fully saturated rings. The zero-order chi connectivity index (χ0) is 13.1. The number of nitrogens with two attached hydrogens (primary N) is 1. The number of benzene rings is 1. The summed E-state index contributed by atoms with van der Waals surface area (Å²) in [4.78, 5) is 16.1. The molecule has 1 heterocycles. The van der Waals surface area contributed by atoms with Gasteiger partial charge in [0, 0.05) is 16.8 Å². The Labute approximate surface area is 110 Å². The molecule has 4 nitrogen and oxygen atoms in total. The van der Waals surface area contributed by atoms with Gasteiger partial charge < -0.3 is 11.1 Å². The Balaban J connectivity index is 2.28. The van der Waals surface area contributed by atoms with Gasteiger partial charge in [-0.05, 0) is 36.8 Å². The number of halogens is 1. The van der Waals surface area contributed by atoms with Crippen LogP contribution in [0, 0.1) is 6.92 Å². The monoisotopic (exact) mass is 261 g/mol. The van der Waals surface area contributed by atoms with Crippen LogP contribution in [0.3, 0.4) is 0 Å². The van der Waals surface area contributed by atoms with Crippen molar-refractivity contribution in [2.24, 2.45) is 0 Å². The van der Waals surface area contributed by atoms with Crippen molar-refractivity contribution in [3.63, 3.8) is 0 Å². The van der Waals surface area contributed by atoms with E-state index in [0.29, 0.717) is 22.1 Å². The minimum absolute atomic E-state index is 0.277. The first-order chi connectivity index (χ1) is 8.59. The third-order valence-electron chi connectivity index (χ3n) is 2.58. The number of amides is 1. The normalized spacial score (nSPS) is 10.1. The van der Waals surface area contributed by atoms with Crippen molar-refractivity contribution >= 4 is 29.0 Å². The fraction of sp³-hybridized carbons (Fsp3) is 0.0769. The summed E-state index contributed by atoms with van der Waals surface area (Å²) >= 11 is 5.97. The van der Waals surface area contributed by atoms with Crippen molar-refractivity contribution in [2.75, 3.05) is 11.1 Å². The van der Waals surface area contributed by atoms with E-state index in [2.05, 4.69) is 10.3 Å². The molecule has 0 unspecified atom stereocenters. The van der Waals surface area contributed by atoms with Crippen molar-refractivity contribution in [1.29, 1.82) is 0 Å². The molecule has 0 radical (unpaired) electrons. The van der Waals surface area contributed by atoms with Crippen LogP contribution in [0.4, 0.5) is 11.5 Å². The summed E-state index contributed by atoms with van der Waals surface area (Å²) in [6.45, 7) is 1.79. The number of anilines is 2. The number of hydrogen-bond acceptors (Lipinski definition) is 3. The SMILES string of the molecule is Cc1c(Cl)cccc1C(=O)Nc1ncccc1N. The summed E-state index contributed by atoms with van der Waals surface area (Å²) in [5.41, 5.74) is 7.37. The Kier molecular flexibility index (Phi) is 3.48. The average molecular weight is 262 g/mol. The Morgan fingerprint density at radius 1 is 1.33 bits per heavy atom. The van der Waals surface area contributed by atoms with Crippen LogP contribution in [0.15, 0.2) is 36.5 Å². The van der Waals surface area contributed by atoms with E-state index < -0.39 is 0 Å². The van der Waals surface area contributed by atoms with Crippen LogP contribution in [0.1, 0.15) is 15.9 Å². The molecule has 0 aliphatic carbocycles. The first kappa shape index (κ1) is 12.4. The predicted molar refractivity (Wildman–Crippen MR) is 72.8 cm³/mol. The maximum absolute atomic E-state index is 12.1. The van der Waals surface area contributed by atoms with Gasteiger partial charge in [-0.1, -0.05) is 17.7 Å². The van der Waals surface area contributed by atoms with Crippen LogP contribution in [0.5, 0.6) is 0 Å². The van der Waals surface area contributed by atoms with Gasteiger partial charge in [0.05, 0.1) is 5.69 Å². The molecule has 0 saturated heterocycles. The van der Waals surface area contributed by atoms with Gasteiger partial charge in [-0.3, -0.25) is 4.79 Å². The fourth-order valence-electron chi connectivity index (χ4n) is 1.55. The molecule has 2 rings (SSSR count). The topological polar surface area (TPSA) is 68.0 Å². The molecule has 1 amide bonds. The summed E-state index contributed by atoms with van der Waals surface area (Å²) in [5, 5.41) is 3.21. The number of nitrogens with one attached hydrogen (secondary N) is 1. The molecule has 2 aromatic rings. The Morgan fingerprint density at radius 2 is 2.11 bits per heavy atom. The molecule has 0 saturated carbocycles. The van der Waals surface area contributed by atoms with Gasteiger partial charge in [0.1, 0.15) is 0 Å². The van der Waals surface area contributed by atoms with Crippen molar-refractivity contribution in [2.45, 2.75) is 6.92 Å². The van der Waals surface area contributed by atoms with Gasteiger partial charge in [0.25, 0.3) is 5.91 Å². The zero-order valence-corrected chi connectivity index (χ0v) is 10.5. The molecule has 0 atom stereocenters. The highest BCUT2D eigenvalue weighted by Gasteiger charge is 2.12. The number of nitrogen functional groups attached to an aromatic ring is 1. The second-order valence-electron chi connectivity index (χ2n) is 3.81. The predicted octanol–water partition coefficient (Wildman–Crippen LogP) is 2.88. The lowest BCUT2D eigenvalue weighted by Gasteiger charge is -2.09. The van der Waals surface area contributed by atoms with E-state index in [1.807, 2.05) is 0 Å². The number of aromatic nitrogens is 1. The Morgan fingerprint density at radius 3 is 2.83 bits per heavy atom. The molecular weight excluding hydrogens is 250 g/mol. The van der Waals surface area contributed by atoms with Gasteiger partial charge in [0.15, 0.2) is 5.82 Å². The quantitative estimate of drug-likeness (QED) is 0.873. The number of carbonyl (C=O) groups is 1. The third-order valence-corrected chi connectivity index (χ3v) is 2.99. The molecule has 1 aromatic carbocycles. The lowest BCUT2D eigenvalue weighted by Crippen LogP contribution is -2.15. The smallest absolute Gasteiger partial charge is 0.257 e. The van der Waals surface area contributed by atoms with Crippen molar-refractivity contribution < 1.29 is 4.79 Å². The van der Waals surface area contributed by atoms with Crippen LogP contribution in [-0.4, -0.2) is 10.9 Å². The lowest BCUT2D eigenvalue weighted by molar-refractivity contribution is 0.102. The molecule has 18 heavy (non-hydrogen) atoms. The average Bonchev–Trinajstić information content (AvgIpc) is 2.35. The van der Waals surface area contributed by atoms with Gasteiger partial charge >= 0.3 is 0 Å². The first-order valence-electron chi connectivity index (χ1n) is 5.36. The van der Waals surface area contributed by atoms with Gasteiger partial charge in [0.2, 0.25) is 0 Å². The van der Waals surface area contributed by atoms with Crippen LogP contribution in [0.25, 0.3) is 0 Å². The maximum Gasteiger partial charge on any atom is 0.257 e. The van der Waals surface area contributed by atoms with E-state index in [1.165, 1.54) is 0 Å². The standard InChI is InChI=1S/C13H12ClN3O/c1-8-9(4-2-5-10(8)14)13(18)17-12-11(15)6-3-7-16-12/h2-7H,15H2,1H3,(H,16,17,18). The molecule has 3 N–H and O–H groups in total. The van der Waals surface area contributed by atoms with Crippen LogP contribution in [-0.2, 0) is 0 Å². The largest absolute Gasteiger partial charge is 0.396 e. The van der Waals surface area contributed by atoms with E-state index in [1.54, 1.807) is 43.5 Å². The minimum Gasteiger partial charge on any atom is -0.396 e. The zero-order valence-electron chi connectivity index (χ0n) is 9.77. The van der Waals surface area contributed by atoms with Crippen LogP contribution < -0.4 is 11.1 Å². The highest BCUT2D eigenvalue weighted by atomic mass is 35.5. The van der Waals surface area contributed by atoms with E-state index >= 15 is 0 Å². The number of pyridine rings is 1. The summed E-state index contributed by atoms with van der Waals surface area (Å²) in [6.07, 6.45) is 1.57. The molecule has 0 aliphatic rings. The fourth-order valence-corrected chi connectivity index (χ4v) is 1.73. The van der Waals surface area contributed by atoms with E-state index in [4.69, 9.17) is 17.3 Å². The molecule has 0 aliphatic heterocycles. The Hall–Kier alpha value is -2.07. The van der Waals surface area contributed by atoms with Gasteiger partial charge in [-0.25, -0.2) is 4.98 Å². The minimum atomic E-state index is -0.277. The maximum atomic E-state index is 12.1. The molecule has 5 heteroatoms. The Bertz CT molecular complexity index is 599. The van der Waals surface area contributed by atoms with Crippen molar-refractivity contribution in [1.82, 2.24) is 4.98 Å². The highest BCUT2D eigenvalue weighted by Crippen LogP contribution is 2.20. The highest BCUT2D eigenvalue weighted by molar-refractivity contribution is 6.32. The summed E-state index contributed by atoms with van der Waals surface area (Å²) in [5.74, 6) is 0.0716. The lowest BCUT2D eigenvalue weighted by atomic mass is 10.1. The number of carbonyl (C=O) groups excluding carboxylic acids is 1. The molecule has 0 spiro atoms. The summed E-state index contributed by atoms with van der Waals surface area (Å²) in [7, 11) is 0. The summed E-state index contributed by atoms with van der Waals surface area (Å²) in [6, 6.07) is 8.55. The number of hydrogen-bond donors (Lipinski definition) is 2. The second kappa shape index (κ2) is 5.06. The summed E-state index contributed by atoms with van der Waals surface area (Å²) < 4.78 is 0. The second-order valence-corrected chi connectivity index (χ2v) is 4.21. The molecule has 92 valence electrons.